The van der Waals surface area contributed by atoms with Crippen LogP contribution in [0.3, 0.4) is 0 Å². The zero-order chi connectivity index (χ0) is 6.28. The summed E-state index contributed by atoms with van der Waals surface area (Å²) in [5, 5.41) is 15.0. The normalized spacial score (nSPS) is 4.30. The molecule has 0 atom stereocenters. The van der Waals surface area contributed by atoms with Gasteiger partial charge in [-0.3, -0.25) is 4.79 Å². The van der Waals surface area contributed by atoms with Crippen molar-refractivity contribution in [2.45, 2.75) is 13.8 Å². The molecule has 10 heavy (non-hydrogen) atoms. The van der Waals surface area contributed by atoms with Crippen LogP contribution < -0.4 is 0 Å². The molecule has 6 N–H and O–H groups in total. The molecular formula is C4H14O5Zn. The molecule has 0 radical (unpaired) electrons. The van der Waals surface area contributed by atoms with Crippen molar-refractivity contribution in [3.8, 4) is 0 Å². The summed E-state index contributed by atoms with van der Waals surface area (Å²) in [5.74, 6) is -0.833. The van der Waals surface area contributed by atoms with Crippen LogP contribution in [0.5, 0.6) is 0 Å². The van der Waals surface area contributed by atoms with Crippen molar-refractivity contribution in [1.29, 1.82) is 0 Å². The Hall–Kier alpha value is -0.0266. The van der Waals surface area contributed by atoms with Crippen molar-refractivity contribution in [2.75, 3.05) is 6.61 Å². The van der Waals surface area contributed by atoms with E-state index in [9.17, 15) is 0 Å². The van der Waals surface area contributed by atoms with Gasteiger partial charge in [-0.25, -0.2) is 0 Å². The second-order valence-corrected chi connectivity index (χ2v) is 0.835. The molecule has 0 spiro atoms. The maximum Gasteiger partial charge on any atom is 0.300 e. The third kappa shape index (κ3) is 547000. The summed E-state index contributed by atoms with van der Waals surface area (Å²) in [6.07, 6.45) is 0. The Balaban J connectivity index is -0.0000000131. The summed E-state index contributed by atoms with van der Waals surface area (Å²) in [5.41, 5.74) is 0. The quantitative estimate of drug-likeness (QED) is 0.467. The summed E-state index contributed by atoms with van der Waals surface area (Å²) in [7, 11) is 0. The monoisotopic (exact) mass is 206 g/mol. The van der Waals surface area contributed by atoms with Crippen molar-refractivity contribution in [3.63, 3.8) is 0 Å². The molecule has 62 valence electrons. The van der Waals surface area contributed by atoms with Gasteiger partial charge in [0.05, 0.1) is 0 Å². The first kappa shape index (κ1) is 32.5. The van der Waals surface area contributed by atoms with E-state index in [4.69, 9.17) is 15.0 Å². The summed E-state index contributed by atoms with van der Waals surface area (Å²) in [6, 6.07) is 0. The van der Waals surface area contributed by atoms with Gasteiger partial charge in [0.1, 0.15) is 0 Å². The minimum Gasteiger partial charge on any atom is -0.481 e. The molecule has 0 amide bonds. The van der Waals surface area contributed by atoms with Gasteiger partial charge in [0.2, 0.25) is 0 Å². The molecule has 0 aliphatic carbocycles. The van der Waals surface area contributed by atoms with Crippen LogP contribution in [0.15, 0.2) is 0 Å². The molecule has 0 unspecified atom stereocenters. The summed E-state index contributed by atoms with van der Waals surface area (Å²) < 4.78 is 0. The standard InChI is InChI=1S/C2H4O2.C2H6O.2H2O.Zn/c1-2(3)4;1-2-3;;;/h1H3,(H,3,4);3H,2H2,1H3;2*1H2;. The zero-order valence-corrected chi connectivity index (χ0v) is 9.18. The molecule has 0 aromatic heterocycles. The maximum atomic E-state index is 9.00. The first-order chi connectivity index (χ1) is 3.15. The Morgan fingerprint density at radius 1 is 1.40 bits per heavy atom. The topological polar surface area (TPSA) is 121 Å². The van der Waals surface area contributed by atoms with E-state index in [1.807, 2.05) is 0 Å². The van der Waals surface area contributed by atoms with Crippen LogP contribution in [0.2, 0.25) is 0 Å². The van der Waals surface area contributed by atoms with E-state index in [1.165, 1.54) is 0 Å². The molecule has 0 bridgehead atoms. The number of rotatable bonds is 0. The van der Waals surface area contributed by atoms with Gasteiger partial charge in [0.25, 0.3) is 5.97 Å². The average molecular weight is 208 g/mol. The molecular weight excluding hydrogens is 193 g/mol. The molecule has 5 nitrogen and oxygen atoms in total. The molecule has 0 aromatic carbocycles. The van der Waals surface area contributed by atoms with Gasteiger partial charge in [0.15, 0.2) is 0 Å². The number of carbonyl (C=O) groups is 1. The second kappa shape index (κ2) is 36.1. The van der Waals surface area contributed by atoms with Crippen molar-refractivity contribution in [3.05, 3.63) is 0 Å². The van der Waals surface area contributed by atoms with Gasteiger partial charge in [-0.2, -0.15) is 0 Å². The predicted octanol–water partition coefficient (Wildman–Crippen LogP) is -1.56. The van der Waals surface area contributed by atoms with Crippen molar-refractivity contribution >= 4 is 5.97 Å². The number of aliphatic hydroxyl groups is 1. The van der Waals surface area contributed by atoms with Crippen LogP contribution in [0.1, 0.15) is 13.8 Å². The van der Waals surface area contributed by atoms with Gasteiger partial charge in [-0.05, 0) is 6.92 Å². The number of aliphatic hydroxyl groups excluding tert-OH is 1. The van der Waals surface area contributed by atoms with Crippen LogP contribution in [-0.2, 0) is 24.3 Å². The smallest absolute Gasteiger partial charge is 0.300 e. The molecule has 0 aliphatic heterocycles. The molecule has 0 heterocycles. The Morgan fingerprint density at radius 3 is 1.40 bits per heavy atom. The molecule has 0 saturated carbocycles. The molecule has 0 rings (SSSR count). The van der Waals surface area contributed by atoms with Crippen molar-refractivity contribution < 1.29 is 45.4 Å². The number of carboxylic acid groups (broad SMARTS) is 1. The van der Waals surface area contributed by atoms with E-state index >= 15 is 0 Å². The van der Waals surface area contributed by atoms with E-state index in [0.29, 0.717) is 0 Å². The number of aliphatic carboxylic acids is 1. The Bertz CT molecular complexity index is 44.9. The molecule has 6 heteroatoms. The predicted molar refractivity (Wildman–Crippen MR) is 33.3 cm³/mol. The van der Waals surface area contributed by atoms with Crippen LogP contribution in [0, 0.1) is 0 Å². The largest absolute Gasteiger partial charge is 0.481 e. The molecule has 0 saturated heterocycles. The van der Waals surface area contributed by atoms with Gasteiger partial charge >= 0.3 is 0 Å². The molecule has 0 aromatic rings. The molecule has 0 fully saturated rings. The first-order valence-electron chi connectivity index (χ1n) is 1.95. The van der Waals surface area contributed by atoms with Gasteiger partial charge in [-0.1, -0.05) is 0 Å². The SMILES string of the molecule is CC(=O)O.CCO.O.O.[Zn]. The third-order valence-corrected chi connectivity index (χ3v) is 0. The Morgan fingerprint density at radius 2 is 1.40 bits per heavy atom. The van der Waals surface area contributed by atoms with Gasteiger partial charge in [0, 0.05) is 33.0 Å². The Labute approximate surface area is 72.4 Å². The zero-order valence-electron chi connectivity index (χ0n) is 6.22. The van der Waals surface area contributed by atoms with Crippen molar-refractivity contribution in [1.82, 2.24) is 0 Å². The van der Waals surface area contributed by atoms with Crippen LogP contribution in [0.4, 0.5) is 0 Å². The van der Waals surface area contributed by atoms with Crippen LogP contribution in [-0.4, -0.2) is 33.7 Å². The fourth-order valence-corrected chi connectivity index (χ4v) is 0. The molecule has 0 aliphatic rings. The van der Waals surface area contributed by atoms with E-state index in [-0.39, 0.29) is 37.0 Å². The minimum absolute atomic E-state index is 0. The summed E-state index contributed by atoms with van der Waals surface area (Å²) >= 11 is 0. The average Bonchev–Trinajstić information content (AvgIpc) is 1.33. The van der Waals surface area contributed by atoms with Gasteiger partial charge < -0.3 is 21.2 Å². The number of hydrogen-bond acceptors (Lipinski definition) is 2. The maximum absolute atomic E-state index is 9.00. The third-order valence-electron chi connectivity index (χ3n) is 0. The first-order valence-corrected chi connectivity index (χ1v) is 1.95. The van der Waals surface area contributed by atoms with Gasteiger partial charge in [-0.15, -0.1) is 0 Å². The summed E-state index contributed by atoms with van der Waals surface area (Å²) in [6.45, 7) is 3.01. The van der Waals surface area contributed by atoms with Crippen molar-refractivity contribution in [2.24, 2.45) is 0 Å². The number of hydrogen-bond donors (Lipinski definition) is 2. The van der Waals surface area contributed by atoms with Crippen LogP contribution >= 0.6 is 0 Å². The van der Waals surface area contributed by atoms with E-state index < -0.39 is 5.97 Å². The minimum atomic E-state index is -0.833. The van der Waals surface area contributed by atoms with E-state index in [1.54, 1.807) is 6.92 Å². The Kier molecular flexibility index (Phi) is 117. The fourth-order valence-electron chi connectivity index (χ4n) is 0. The number of carboxylic acids is 1. The summed E-state index contributed by atoms with van der Waals surface area (Å²) in [4.78, 5) is 9.00. The van der Waals surface area contributed by atoms with Crippen LogP contribution in [0.25, 0.3) is 0 Å². The van der Waals surface area contributed by atoms with E-state index in [2.05, 4.69) is 0 Å². The van der Waals surface area contributed by atoms with E-state index in [0.717, 1.165) is 6.92 Å². The second-order valence-electron chi connectivity index (χ2n) is 0.835. The fraction of sp³-hybridized carbons (Fsp3) is 0.750.